The quantitative estimate of drug-likeness (QED) is 0.898. The Kier molecular flexibility index (Phi) is 4.28. The molecule has 4 atom stereocenters. The minimum Gasteiger partial charge on any atom is -0.388 e. The molecule has 1 aromatic carbocycles. The normalized spacial score (nSPS) is 32.0. The highest BCUT2D eigenvalue weighted by atomic mass is 16.8. The highest BCUT2D eigenvalue weighted by Gasteiger charge is 2.49. The van der Waals surface area contributed by atoms with E-state index in [4.69, 9.17) is 18.9 Å². The van der Waals surface area contributed by atoms with Crippen LogP contribution >= 0.6 is 0 Å². The second-order valence-corrected chi connectivity index (χ2v) is 6.02. The average Bonchev–Trinajstić information content (AvgIpc) is 2.93. The topological polar surface area (TPSA) is 57.2 Å². The molecule has 2 aliphatic rings. The first-order chi connectivity index (χ1) is 10.0. The van der Waals surface area contributed by atoms with Crippen LogP contribution in [0, 0.1) is 0 Å². The molecule has 3 rings (SSSR count). The fourth-order valence-electron chi connectivity index (χ4n) is 2.76. The van der Waals surface area contributed by atoms with Gasteiger partial charge in [0.2, 0.25) is 0 Å². The van der Waals surface area contributed by atoms with E-state index in [1.54, 1.807) is 0 Å². The van der Waals surface area contributed by atoms with E-state index >= 15 is 0 Å². The first-order valence-corrected chi connectivity index (χ1v) is 7.34. The van der Waals surface area contributed by atoms with E-state index in [9.17, 15) is 5.11 Å². The molecule has 0 unspecified atom stereocenters. The molecule has 0 amide bonds. The lowest BCUT2D eigenvalue weighted by Crippen LogP contribution is -2.33. The van der Waals surface area contributed by atoms with Crippen LogP contribution in [0.5, 0.6) is 0 Å². The van der Waals surface area contributed by atoms with Gasteiger partial charge in [-0.15, -0.1) is 0 Å². The summed E-state index contributed by atoms with van der Waals surface area (Å²) in [4.78, 5) is 0. The van der Waals surface area contributed by atoms with E-state index in [-0.39, 0.29) is 25.1 Å². The standard InChI is InChI=1S/C16H22O5/c1-16(2)20-14-8-13(19-15(14)21-16)12(17)10-18-9-11-6-4-3-5-7-11/h3-7,12-15,17H,8-10H2,1-2H3/t12-,13+,14-,15-/m1/s1. The van der Waals surface area contributed by atoms with E-state index in [1.807, 2.05) is 44.2 Å². The first kappa shape index (κ1) is 14.9. The zero-order valence-electron chi connectivity index (χ0n) is 12.4. The van der Waals surface area contributed by atoms with E-state index in [0.717, 1.165) is 5.56 Å². The zero-order chi connectivity index (χ0) is 14.9. The Morgan fingerprint density at radius 1 is 1.29 bits per heavy atom. The Hall–Kier alpha value is -0.980. The minimum absolute atomic E-state index is 0.103. The molecular formula is C16H22O5. The van der Waals surface area contributed by atoms with Gasteiger partial charge >= 0.3 is 0 Å². The largest absolute Gasteiger partial charge is 0.388 e. The molecule has 2 fully saturated rings. The van der Waals surface area contributed by atoms with Crippen molar-refractivity contribution in [1.82, 2.24) is 0 Å². The lowest BCUT2D eigenvalue weighted by Gasteiger charge is -2.23. The van der Waals surface area contributed by atoms with E-state index in [0.29, 0.717) is 13.0 Å². The molecule has 0 aliphatic carbocycles. The molecule has 2 saturated heterocycles. The predicted octanol–water partition coefficient (Wildman–Crippen LogP) is 1.83. The molecule has 116 valence electrons. The summed E-state index contributed by atoms with van der Waals surface area (Å²) in [5.41, 5.74) is 1.09. The van der Waals surface area contributed by atoms with Crippen LogP contribution in [0.3, 0.4) is 0 Å². The van der Waals surface area contributed by atoms with E-state index in [2.05, 4.69) is 0 Å². The second-order valence-electron chi connectivity index (χ2n) is 6.02. The molecule has 1 aromatic rings. The highest BCUT2D eigenvalue weighted by Crippen LogP contribution is 2.37. The van der Waals surface area contributed by atoms with Gasteiger partial charge in [0, 0.05) is 6.42 Å². The summed E-state index contributed by atoms with van der Waals surface area (Å²) in [5, 5.41) is 10.2. The third-order valence-corrected chi connectivity index (χ3v) is 3.74. The molecular weight excluding hydrogens is 272 g/mol. The average molecular weight is 294 g/mol. The number of rotatable bonds is 5. The maximum atomic E-state index is 10.2. The lowest BCUT2D eigenvalue weighted by atomic mass is 10.1. The van der Waals surface area contributed by atoms with Crippen molar-refractivity contribution in [2.45, 2.75) is 57.3 Å². The summed E-state index contributed by atoms with van der Waals surface area (Å²) in [5.74, 6) is -0.602. The van der Waals surface area contributed by atoms with Crippen molar-refractivity contribution < 1.29 is 24.1 Å². The van der Waals surface area contributed by atoms with Gasteiger partial charge in [-0.1, -0.05) is 30.3 Å². The number of aliphatic hydroxyl groups excluding tert-OH is 1. The predicted molar refractivity (Wildman–Crippen MR) is 75.4 cm³/mol. The Balaban J connectivity index is 1.42. The van der Waals surface area contributed by atoms with Gasteiger partial charge in [-0.25, -0.2) is 0 Å². The van der Waals surface area contributed by atoms with Gasteiger partial charge in [0.25, 0.3) is 0 Å². The maximum absolute atomic E-state index is 10.2. The molecule has 5 heteroatoms. The van der Waals surface area contributed by atoms with Crippen molar-refractivity contribution in [3.8, 4) is 0 Å². The molecule has 0 spiro atoms. The summed E-state index contributed by atoms with van der Waals surface area (Å²) in [7, 11) is 0. The lowest BCUT2D eigenvalue weighted by molar-refractivity contribution is -0.216. The molecule has 1 N–H and O–H groups in total. The van der Waals surface area contributed by atoms with Gasteiger partial charge in [0.1, 0.15) is 12.2 Å². The summed E-state index contributed by atoms with van der Waals surface area (Å²) in [6, 6.07) is 9.88. The van der Waals surface area contributed by atoms with Crippen LogP contribution in [0.4, 0.5) is 0 Å². The highest BCUT2D eigenvalue weighted by molar-refractivity contribution is 5.13. The molecule has 5 nitrogen and oxygen atoms in total. The molecule has 2 heterocycles. The SMILES string of the molecule is CC1(C)O[C@H]2O[C@H]([C@H](O)COCc3ccccc3)C[C@H]2O1. The molecule has 21 heavy (non-hydrogen) atoms. The Bertz CT molecular complexity index is 445. The number of hydrogen-bond donors (Lipinski definition) is 1. The molecule has 0 radical (unpaired) electrons. The van der Waals surface area contributed by atoms with Crippen LogP contribution in [0.25, 0.3) is 0 Å². The van der Waals surface area contributed by atoms with Crippen LogP contribution in [0.2, 0.25) is 0 Å². The third-order valence-electron chi connectivity index (χ3n) is 3.74. The molecule has 0 aromatic heterocycles. The summed E-state index contributed by atoms with van der Waals surface area (Å²) in [6.45, 7) is 4.45. The van der Waals surface area contributed by atoms with E-state index in [1.165, 1.54) is 0 Å². The van der Waals surface area contributed by atoms with Crippen LogP contribution < -0.4 is 0 Å². The fraction of sp³-hybridized carbons (Fsp3) is 0.625. The van der Waals surface area contributed by atoms with Gasteiger partial charge in [0.15, 0.2) is 12.1 Å². The van der Waals surface area contributed by atoms with Gasteiger partial charge < -0.3 is 24.1 Å². The van der Waals surface area contributed by atoms with Crippen molar-refractivity contribution in [3.05, 3.63) is 35.9 Å². The molecule has 0 saturated carbocycles. The van der Waals surface area contributed by atoms with Gasteiger partial charge in [0.05, 0.1) is 19.3 Å². The second kappa shape index (κ2) is 6.02. The van der Waals surface area contributed by atoms with Crippen LogP contribution in [-0.4, -0.2) is 42.1 Å². The van der Waals surface area contributed by atoms with Gasteiger partial charge in [-0.3, -0.25) is 0 Å². The van der Waals surface area contributed by atoms with Crippen molar-refractivity contribution >= 4 is 0 Å². The Morgan fingerprint density at radius 3 is 2.76 bits per heavy atom. The Labute approximate surface area is 124 Å². The van der Waals surface area contributed by atoms with Crippen molar-refractivity contribution in [3.63, 3.8) is 0 Å². The van der Waals surface area contributed by atoms with Crippen LogP contribution in [0.15, 0.2) is 30.3 Å². The zero-order valence-corrected chi connectivity index (χ0v) is 12.4. The molecule has 2 aliphatic heterocycles. The molecule has 0 bridgehead atoms. The fourth-order valence-corrected chi connectivity index (χ4v) is 2.76. The van der Waals surface area contributed by atoms with Gasteiger partial charge in [-0.2, -0.15) is 0 Å². The third kappa shape index (κ3) is 3.62. The van der Waals surface area contributed by atoms with Gasteiger partial charge in [-0.05, 0) is 19.4 Å². The summed E-state index contributed by atoms with van der Waals surface area (Å²) >= 11 is 0. The van der Waals surface area contributed by atoms with Crippen molar-refractivity contribution in [1.29, 1.82) is 0 Å². The number of hydrogen-bond acceptors (Lipinski definition) is 5. The monoisotopic (exact) mass is 294 g/mol. The van der Waals surface area contributed by atoms with Crippen LogP contribution in [0.1, 0.15) is 25.8 Å². The minimum atomic E-state index is -0.672. The van der Waals surface area contributed by atoms with E-state index < -0.39 is 11.9 Å². The Morgan fingerprint density at radius 2 is 2.05 bits per heavy atom. The number of benzene rings is 1. The van der Waals surface area contributed by atoms with Crippen LogP contribution in [-0.2, 0) is 25.6 Å². The van der Waals surface area contributed by atoms with Crippen molar-refractivity contribution in [2.24, 2.45) is 0 Å². The number of ether oxygens (including phenoxy) is 4. The van der Waals surface area contributed by atoms with Crippen molar-refractivity contribution in [2.75, 3.05) is 6.61 Å². The maximum Gasteiger partial charge on any atom is 0.187 e. The smallest absolute Gasteiger partial charge is 0.187 e. The number of aliphatic hydroxyl groups is 1. The summed E-state index contributed by atoms with van der Waals surface area (Å²) in [6.07, 6.45) is -0.826. The summed E-state index contributed by atoms with van der Waals surface area (Å²) < 4.78 is 22.6. The first-order valence-electron chi connectivity index (χ1n) is 7.34. The number of fused-ring (bicyclic) bond motifs is 1.